The van der Waals surface area contributed by atoms with Gasteiger partial charge < -0.3 is 10.2 Å². The molecule has 1 aromatic carbocycles. The molecule has 0 aliphatic carbocycles. The first-order valence-electron chi connectivity index (χ1n) is 7.50. The average Bonchev–Trinajstić information content (AvgIpc) is 3.23. The highest BCUT2D eigenvalue weighted by Crippen LogP contribution is 2.26. The van der Waals surface area contributed by atoms with Crippen LogP contribution >= 0.6 is 22.7 Å². The predicted molar refractivity (Wildman–Crippen MR) is 104 cm³/mol. The first-order chi connectivity index (χ1) is 12.0. The maximum absolute atomic E-state index is 9.62. The minimum Gasteiger partial charge on any atom is -0.504 e. The van der Waals surface area contributed by atoms with Crippen LogP contribution in [-0.2, 0) is 0 Å². The standard InChI is InChI=1S/C18H17N3O2S2/c1-12(2)9-19-18-21(14(11-25-18)17-4-3-7-24-17)20-10-13-5-6-15(22)16(23)8-13/h3-8,10-11,22-23H,1,9H2,2H3. The van der Waals surface area contributed by atoms with Crippen molar-refractivity contribution in [2.75, 3.05) is 6.54 Å². The zero-order chi connectivity index (χ0) is 17.8. The minimum absolute atomic E-state index is 0.156. The van der Waals surface area contributed by atoms with Gasteiger partial charge in [-0.05, 0) is 42.1 Å². The summed E-state index contributed by atoms with van der Waals surface area (Å²) in [7, 11) is 0. The second kappa shape index (κ2) is 7.50. The zero-order valence-electron chi connectivity index (χ0n) is 13.6. The molecule has 0 spiro atoms. The van der Waals surface area contributed by atoms with Gasteiger partial charge in [-0.25, -0.2) is 4.68 Å². The molecule has 0 saturated heterocycles. The minimum atomic E-state index is -0.176. The Balaban J connectivity index is 2.04. The Morgan fingerprint density at radius 1 is 1.24 bits per heavy atom. The molecule has 128 valence electrons. The van der Waals surface area contributed by atoms with E-state index >= 15 is 0 Å². The molecule has 0 unspecified atom stereocenters. The van der Waals surface area contributed by atoms with Crippen LogP contribution in [0.2, 0.25) is 0 Å². The number of benzene rings is 1. The van der Waals surface area contributed by atoms with E-state index in [-0.39, 0.29) is 11.5 Å². The second-order valence-electron chi connectivity index (χ2n) is 5.46. The van der Waals surface area contributed by atoms with Crippen LogP contribution in [0, 0.1) is 0 Å². The highest BCUT2D eigenvalue weighted by atomic mass is 32.1. The molecular weight excluding hydrogens is 354 g/mol. The Hall–Kier alpha value is -2.64. The van der Waals surface area contributed by atoms with Crippen molar-refractivity contribution < 1.29 is 10.2 Å². The third-order valence-electron chi connectivity index (χ3n) is 3.26. The molecule has 0 fully saturated rings. The summed E-state index contributed by atoms with van der Waals surface area (Å²) in [4.78, 5) is 6.43. The summed E-state index contributed by atoms with van der Waals surface area (Å²) in [6.45, 7) is 6.36. The molecule has 0 bridgehead atoms. The second-order valence-corrected chi connectivity index (χ2v) is 7.24. The third kappa shape index (κ3) is 4.07. The number of thiophene rings is 1. The zero-order valence-corrected chi connectivity index (χ0v) is 15.2. The van der Waals surface area contributed by atoms with E-state index in [4.69, 9.17) is 0 Å². The molecule has 2 heterocycles. The number of nitrogens with zero attached hydrogens (tertiary/aromatic N) is 3. The molecule has 0 amide bonds. The van der Waals surface area contributed by atoms with E-state index in [0.717, 1.165) is 20.9 Å². The van der Waals surface area contributed by atoms with Crippen molar-refractivity contribution in [1.29, 1.82) is 0 Å². The number of rotatable bonds is 5. The Labute approximate surface area is 153 Å². The number of phenolic OH excluding ortho intramolecular Hbond substituents is 2. The van der Waals surface area contributed by atoms with Crippen molar-refractivity contribution in [2.24, 2.45) is 10.1 Å². The maximum Gasteiger partial charge on any atom is 0.206 e. The van der Waals surface area contributed by atoms with Crippen LogP contribution in [0.4, 0.5) is 0 Å². The lowest BCUT2D eigenvalue weighted by molar-refractivity contribution is 0.403. The van der Waals surface area contributed by atoms with E-state index in [2.05, 4.69) is 16.7 Å². The van der Waals surface area contributed by atoms with E-state index < -0.39 is 0 Å². The molecule has 5 nitrogen and oxygen atoms in total. The summed E-state index contributed by atoms with van der Waals surface area (Å²) in [5.41, 5.74) is 2.61. The van der Waals surface area contributed by atoms with Gasteiger partial charge in [-0.3, -0.25) is 4.99 Å². The summed E-state index contributed by atoms with van der Waals surface area (Å²) in [6.07, 6.45) is 1.63. The quantitative estimate of drug-likeness (QED) is 0.403. The van der Waals surface area contributed by atoms with Crippen molar-refractivity contribution >= 4 is 28.9 Å². The molecular formula is C18H17N3O2S2. The fourth-order valence-electron chi connectivity index (χ4n) is 2.06. The van der Waals surface area contributed by atoms with Gasteiger partial charge in [0.2, 0.25) is 4.80 Å². The van der Waals surface area contributed by atoms with Crippen LogP contribution in [-0.4, -0.2) is 27.6 Å². The normalized spacial score (nSPS) is 12.1. The number of phenols is 2. The van der Waals surface area contributed by atoms with E-state index in [0.29, 0.717) is 12.1 Å². The molecule has 2 aromatic heterocycles. The fourth-order valence-corrected chi connectivity index (χ4v) is 3.69. The molecule has 0 aliphatic heterocycles. The van der Waals surface area contributed by atoms with Crippen LogP contribution in [0.25, 0.3) is 10.6 Å². The SMILES string of the molecule is C=C(C)CN=c1scc(-c2cccs2)n1N=Cc1ccc(O)c(O)c1. The summed E-state index contributed by atoms with van der Waals surface area (Å²) in [5.74, 6) is -0.332. The van der Waals surface area contributed by atoms with Crippen LogP contribution in [0.3, 0.4) is 0 Å². The van der Waals surface area contributed by atoms with Gasteiger partial charge in [0, 0.05) is 5.38 Å². The van der Waals surface area contributed by atoms with Gasteiger partial charge in [0.1, 0.15) is 0 Å². The number of aromatic nitrogens is 1. The van der Waals surface area contributed by atoms with Gasteiger partial charge in [-0.1, -0.05) is 18.2 Å². The van der Waals surface area contributed by atoms with Gasteiger partial charge in [-0.2, -0.15) is 5.10 Å². The van der Waals surface area contributed by atoms with Gasteiger partial charge in [0.05, 0.1) is 23.3 Å². The van der Waals surface area contributed by atoms with Crippen LogP contribution in [0.15, 0.2) is 63.3 Å². The molecule has 3 aromatic rings. The van der Waals surface area contributed by atoms with Gasteiger partial charge in [0.25, 0.3) is 0 Å². The molecule has 3 rings (SSSR count). The first-order valence-corrected chi connectivity index (χ1v) is 9.26. The predicted octanol–water partition coefficient (Wildman–Crippen LogP) is 4.05. The monoisotopic (exact) mass is 371 g/mol. The van der Waals surface area contributed by atoms with Crippen LogP contribution < -0.4 is 4.80 Å². The molecule has 0 radical (unpaired) electrons. The Morgan fingerprint density at radius 3 is 2.76 bits per heavy atom. The lowest BCUT2D eigenvalue weighted by Crippen LogP contribution is -2.12. The van der Waals surface area contributed by atoms with E-state index in [9.17, 15) is 10.2 Å². The van der Waals surface area contributed by atoms with Crippen LogP contribution in [0.1, 0.15) is 12.5 Å². The van der Waals surface area contributed by atoms with E-state index in [1.165, 1.54) is 23.5 Å². The third-order valence-corrected chi connectivity index (χ3v) is 5.01. The topological polar surface area (TPSA) is 70.1 Å². The molecule has 0 aliphatic rings. The Morgan fingerprint density at radius 2 is 2.08 bits per heavy atom. The van der Waals surface area contributed by atoms with E-state index in [1.54, 1.807) is 28.3 Å². The lowest BCUT2D eigenvalue weighted by atomic mass is 10.2. The number of aromatic hydroxyl groups is 2. The smallest absolute Gasteiger partial charge is 0.206 e. The van der Waals surface area contributed by atoms with Gasteiger partial charge in [0.15, 0.2) is 11.5 Å². The van der Waals surface area contributed by atoms with Crippen molar-refractivity contribution in [1.82, 2.24) is 4.68 Å². The van der Waals surface area contributed by atoms with Crippen molar-refractivity contribution in [3.8, 4) is 22.1 Å². The van der Waals surface area contributed by atoms with Gasteiger partial charge >= 0.3 is 0 Å². The summed E-state index contributed by atoms with van der Waals surface area (Å²) in [5, 5.41) is 27.6. The average molecular weight is 371 g/mol. The molecule has 0 atom stereocenters. The number of thiazole rings is 1. The first kappa shape index (κ1) is 17.2. The summed E-state index contributed by atoms with van der Waals surface area (Å²) < 4.78 is 1.78. The number of hydrogen-bond acceptors (Lipinski definition) is 6. The van der Waals surface area contributed by atoms with Crippen molar-refractivity contribution in [2.45, 2.75) is 6.92 Å². The Bertz CT molecular complexity index is 982. The van der Waals surface area contributed by atoms with Crippen LogP contribution in [0.5, 0.6) is 11.5 Å². The number of hydrogen-bond donors (Lipinski definition) is 2. The fraction of sp³-hybridized carbons (Fsp3) is 0.111. The molecule has 7 heteroatoms. The highest BCUT2D eigenvalue weighted by Gasteiger charge is 2.08. The van der Waals surface area contributed by atoms with Crippen molar-refractivity contribution in [3.05, 3.63) is 63.6 Å². The largest absolute Gasteiger partial charge is 0.504 e. The summed E-state index contributed by atoms with van der Waals surface area (Å²) in [6, 6.07) is 8.60. The maximum atomic E-state index is 9.62. The lowest BCUT2D eigenvalue weighted by Gasteiger charge is -2.02. The van der Waals surface area contributed by atoms with Crippen molar-refractivity contribution in [3.63, 3.8) is 0 Å². The highest BCUT2D eigenvalue weighted by molar-refractivity contribution is 7.14. The molecule has 25 heavy (non-hydrogen) atoms. The molecule has 2 N–H and O–H groups in total. The van der Waals surface area contributed by atoms with E-state index in [1.807, 2.05) is 29.8 Å². The molecule has 0 saturated carbocycles. The summed E-state index contributed by atoms with van der Waals surface area (Å²) >= 11 is 3.15. The van der Waals surface area contributed by atoms with Gasteiger partial charge in [-0.15, -0.1) is 22.7 Å². The Kier molecular flexibility index (Phi) is 5.16.